The van der Waals surface area contributed by atoms with Crippen LogP contribution in [-0.4, -0.2) is 53.1 Å². The van der Waals surface area contributed by atoms with E-state index in [0.29, 0.717) is 38.5 Å². The molecule has 1 aliphatic heterocycles. The summed E-state index contributed by atoms with van der Waals surface area (Å²) in [5, 5.41) is 0. The third-order valence-corrected chi connectivity index (χ3v) is 5.47. The lowest BCUT2D eigenvalue weighted by Gasteiger charge is -2.36. The first-order chi connectivity index (χ1) is 15.5. The van der Waals surface area contributed by atoms with Gasteiger partial charge in [-0.25, -0.2) is 9.37 Å². The maximum Gasteiger partial charge on any atom is 0.254 e. The number of ether oxygens (including phenoxy) is 1. The summed E-state index contributed by atoms with van der Waals surface area (Å²) in [5.74, 6) is 0.367. The zero-order valence-corrected chi connectivity index (χ0v) is 17.9. The van der Waals surface area contributed by atoms with Crippen LogP contribution in [0.5, 0.6) is 5.75 Å². The Morgan fingerprint density at radius 1 is 1.03 bits per heavy atom. The molecule has 1 aromatic heterocycles. The topological polar surface area (TPSA) is 67.7 Å². The summed E-state index contributed by atoms with van der Waals surface area (Å²) < 4.78 is 19.9. The van der Waals surface area contributed by atoms with Crippen molar-refractivity contribution in [1.29, 1.82) is 0 Å². The van der Waals surface area contributed by atoms with Crippen molar-refractivity contribution >= 4 is 11.6 Å². The predicted molar refractivity (Wildman–Crippen MR) is 120 cm³/mol. The van der Waals surface area contributed by atoms with E-state index in [4.69, 9.17) is 4.74 Å². The molecule has 166 valence electrons. The molecule has 2 heterocycles. The van der Waals surface area contributed by atoms with Crippen LogP contribution >= 0.6 is 0 Å². The third-order valence-electron chi connectivity index (χ3n) is 5.47. The Morgan fingerprint density at radius 3 is 2.34 bits per heavy atom. The molecule has 0 spiro atoms. The Bertz CT molecular complexity index is 1120. The number of piperazine rings is 1. The molecule has 0 bridgehead atoms. The number of anilines is 1. The first-order valence-electron chi connectivity index (χ1n) is 10.6. The summed E-state index contributed by atoms with van der Waals surface area (Å²) in [5.41, 5.74) is 2.02. The number of carbonyl (C=O) groups is 1. The molecule has 1 fully saturated rings. The van der Waals surface area contributed by atoms with Crippen LogP contribution in [0.1, 0.15) is 6.92 Å². The minimum Gasteiger partial charge on any atom is -0.494 e. The number of benzene rings is 2. The van der Waals surface area contributed by atoms with E-state index < -0.39 is 0 Å². The van der Waals surface area contributed by atoms with E-state index in [9.17, 15) is 14.0 Å². The van der Waals surface area contributed by atoms with E-state index in [0.717, 1.165) is 17.0 Å². The smallest absolute Gasteiger partial charge is 0.254 e. The zero-order chi connectivity index (χ0) is 22.5. The second-order valence-corrected chi connectivity index (χ2v) is 7.54. The van der Waals surface area contributed by atoms with Gasteiger partial charge in [-0.1, -0.05) is 0 Å². The number of halogens is 1. The van der Waals surface area contributed by atoms with Gasteiger partial charge in [-0.2, -0.15) is 0 Å². The Kier molecular flexibility index (Phi) is 6.49. The van der Waals surface area contributed by atoms with Gasteiger partial charge in [0.05, 0.1) is 18.6 Å². The fraction of sp³-hybridized carbons (Fsp3) is 0.292. The second-order valence-electron chi connectivity index (χ2n) is 7.54. The molecule has 1 saturated heterocycles. The largest absolute Gasteiger partial charge is 0.494 e. The maximum absolute atomic E-state index is 13.1. The van der Waals surface area contributed by atoms with Crippen molar-refractivity contribution < 1.29 is 13.9 Å². The van der Waals surface area contributed by atoms with Crippen LogP contribution in [-0.2, 0) is 11.3 Å². The van der Waals surface area contributed by atoms with Crippen molar-refractivity contribution in [2.75, 3.05) is 37.7 Å². The van der Waals surface area contributed by atoms with E-state index >= 15 is 0 Å². The van der Waals surface area contributed by atoms with Crippen molar-refractivity contribution in [2.45, 2.75) is 13.5 Å². The molecule has 3 aromatic rings. The number of rotatable bonds is 6. The van der Waals surface area contributed by atoms with Crippen LogP contribution < -0.4 is 15.2 Å². The van der Waals surface area contributed by atoms with Crippen molar-refractivity contribution in [3.05, 3.63) is 77.1 Å². The number of amides is 1. The van der Waals surface area contributed by atoms with Gasteiger partial charge in [-0.05, 0) is 55.5 Å². The van der Waals surface area contributed by atoms with Gasteiger partial charge in [0.1, 0.15) is 18.1 Å². The Hall–Kier alpha value is -3.68. The van der Waals surface area contributed by atoms with Gasteiger partial charge >= 0.3 is 0 Å². The summed E-state index contributed by atoms with van der Waals surface area (Å²) >= 11 is 0. The van der Waals surface area contributed by atoms with Crippen molar-refractivity contribution in [3.63, 3.8) is 0 Å². The quantitative estimate of drug-likeness (QED) is 0.595. The molecule has 0 unspecified atom stereocenters. The van der Waals surface area contributed by atoms with Gasteiger partial charge in [0.25, 0.3) is 5.56 Å². The molecule has 32 heavy (non-hydrogen) atoms. The van der Waals surface area contributed by atoms with Gasteiger partial charge in [0.2, 0.25) is 5.91 Å². The summed E-state index contributed by atoms with van der Waals surface area (Å²) in [7, 11) is 0. The predicted octanol–water partition coefficient (Wildman–Crippen LogP) is 2.80. The molecule has 1 aliphatic rings. The average Bonchev–Trinajstić information content (AvgIpc) is 2.82. The van der Waals surface area contributed by atoms with Crippen molar-refractivity contribution in [2.24, 2.45) is 0 Å². The number of carbonyl (C=O) groups excluding carboxylic acids is 1. The molecule has 0 saturated carbocycles. The van der Waals surface area contributed by atoms with Crippen molar-refractivity contribution in [3.8, 4) is 17.0 Å². The van der Waals surface area contributed by atoms with Crippen molar-refractivity contribution in [1.82, 2.24) is 14.5 Å². The average molecular weight is 436 g/mol. The monoisotopic (exact) mass is 436 g/mol. The fourth-order valence-electron chi connectivity index (χ4n) is 3.70. The molecular formula is C24H25FN4O3. The minimum absolute atomic E-state index is 0.0497. The van der Waals surface area contributed by atoms with Gasteiger partial charge in [-0.3, -0.25) is 14.2 Å². The van der Waals surface area contributed by atoms with E-state index in [1.54, 1.807) is 17.0 Å². The summed E-state index contributed by atoms with van der Waals surface area (Å²) in [4.78, 5) is 33.5. The summed E-state index contributed by atoms with van der Waals surface area (Å²) in [6, 6.07) is 15.2. The van der Waals surface area contributed by atoms with Crippen LogP contribution in [0.2, 0.25) is 0 Å². The van der Waals surface area contributed by atoms with Crippen LogP contribution in [0.4, 0.5) is 10.1 Å². The molecule has 0 radical (unpaired) electrons. The zero-order valence-electron chi connectivity index (χ0n) is 17.9. The first-order valence-corrected chi connectivity index (χ1v) is 10.6. The van der Waals surface area contributed by atoms with Gasteiger partial charge in [-0.15, -0.1) is 0 Å². The standard InChI is InChI=1S/C24H25FN4O3/c1-2-32-21-9-3-18(4-10-21)22-15-23(30)29(17-26-22)16-24(31)28-13-11-27(12-14-28)20-7-5-19(25)6-8-20/h3-10,15,17H,2,11-14,16H2,1H3. The summed E-state index contributed by atoms with van der Waals surface area (Å²) in [6.45, 7) is 4.85. The second kappa shape index (κ2) is 9.64. The molecule has 0 atom stereocenters. The highest BCUT2D eigenvalue weighted by Gasteiger charge is 2.22. The van der Waals surface area contributed by atoms with E-state index in [1.807, 2.05) is 31.2 Å². The third kappa shape index (κ3) is 4.96. The Labute approximate surface area is 185 Å². The molecule has 1 amide bonds. The van der Waals surface area contributed by atoms with Crippen LogP contribution in [0.25, 0.3) is 11.3 Å². The number of hydrogen-bond acceptors (Lipinski definition) is 5. The van der Waals surface area contributed by atoms with E-state index in [2.05, 4.69) is 9.88 Å². The molecule has 0 N–H and O–H groups in total. The van der Waals surface area contributed by atoms with Crippen LogP contribution in [0.15, 0.2) is 65.7 Å². The minimum atomic E-state index is -0.276. The van der Waals surface area contributed by atoms with Gasteiger partial charge < -0.3 is 14.5 Å². The normalized spacial score (nSPS) is 13.8. The van der Waals surface area contributed by atoms with Crippen LogP contribution in [0.3, 0.4) is 0 Å². The van der Waals surface area contributed by atoms with Crippen LogP contribution in [0, 0.1) is 5.82 Å². The lowest BCUT2D eigenvalue weighted by molar-refractivity contribution is -0.132. The lowest BCUT2D eigenvalue weighted by atomic mass is 10.1. The number of hydrogen-bond donors (Lipinski definition) is 0. The van der Waals surface area contributed by atoms with Gasteiger partial charge in [0, 0.05) is 43.5 Å². The molecule has 4 rings (SSSR count). The molecule has 8 heteroatoms. The number of aromatic nitrogens is 2. The highest BCUT2D eigenvalue weighted by atomic mass is 19.1. The van der Waals surface area contributed by atoms with Gasteiger partial charge in [0.15, 0.2) is 0 Å². The molecule has 2 aromatic carbocycles. The Balaban J connectivity index is 1.36. The van der Waals surface area contributed by atoms with E-state index in [-0.39, 0.29) is 23.8 Å². The number of nitrogens with zero attached hydrogens (tertiary/aromatic N) is 4. The molecule has 7 nitrogen and oxygen atoms in total. The molecular weight excluding hydrogens is 411 g/mol. The first kappa shape index (κ1) is 21.5. The SMILES string of the molecule is CCOc1ccc(-c2cc(=O)n(CC(=O)N3CCN(c4ccc(F)cc4)CC3)cn2)cc1. The maximum atomic E-state index is 13.1. The molecule has 0 aliphatic carbocycles. The Morgan fingerprint density at radius 2 is 1.72 bits per heavy atom. The highest BCUT2D eigenvalue weighted by molar-refractivity contribution is 5.76. The fourth-order valence-corrected chi connectivity index (χ4v) is 3.70. The highest BCUT2D eigenvalue weighted by Crippen LogP contribution is 2.20. The summed E-state index contributed by atoms with van der Waals surface area (Å²) in [6.07, 6.45) is 1.42. The van der Waals surface area contributed by atoms with E-state index in [1.165, 1.54) is 29.1 Å². The lowest BCUT2D eigenvalue weighted by Crippen LogP contribution is -2.50.